The average molecular weight is 290 g/mol. The normalized spacial score (nSPS) is 17.3. The van der Waals surface area contributed by atoms with E-state index in [0.717, 1.165) is 5.69 Å². The Hall–Kier alpha value is -2.77. The van der Waals surface area contributed by atoms with Gasteiger partial charge in [-0.2, -0.15) is 0 Å². The van der Waals surface area contributed by atoms with Gasteiger partial charge in [-0.1, -0.05) is 0 Å². The van der Waals surface area contributed by atoms with Crippen molar-refractivity contribution in [2.45, 2.75) is 25.6 Å². The highest BCUT2D eigenvalue weighted by atomic mass is 16.4. The summed E-state index contributed by atoms with van der Waals surface area (Å²) in [6.07, 6.45) is 3.22. The van der Waals surface area contributed by atoms with Crippen molar-refractivity contribution in [2.24, 2.45) is 0 Å². The van der Waals surface area contributed by atoms with E-state index in [2.05, 4.69) is 15.3 Å². The Kier molecular flexibility index (Phi) is 3.35. The Labute approximate surface area is 119 Å². The molecule has 2 aromatic heterocycles. The minimum Gasteiger partial charge on any atom is -0.480 e. The quantitative estimate of drug-likeness (QED) is 0.771. The lowest BCUT2D eigenvalue weighted by Gasteiger charge is -2.32. The van der Waals surface area contributed by atoms with Gasteiger partial charge in [0.25, 0.3) is 0 Å². The molecule has 1 unspecified atom stereocenters. The Morgan fingerprint density at radius 3 is 3.14 bits per heavy atom. The van der Waals surface area contributed by atoms with Crippen LogP contribution in [0.25, 0.3) is 0 Å². The summed E-state index contributed by atoms with van der Waals surface area (Å²) in [4.78, 5) is 31.9. The fraction of sp³-hybridized carbons (Fsp3) is 0.308. The second kappa shape index (κ2) is 5.31. The zero-order valence-electron chi connectivity index (χ0n) is 11.1. The molecule has 1 atom stereocenters. The molecule has 0 aliphatic carbocycles. The number of furan rings is 1. The van der Waals surface area contributed by atoms with E-state index in [-0.39, 0.29) is 19.5 Å². The molecule has 0 fully saturated rings. The van der Waals surface area contributed by atoms with Gasteiger partial charge in [0.05, 0.1) is 37.1 Å². The van der Waals surface area contributed by atoms with Crippen molar-refractivity contribution in [3.8, 4) is 0 Å². The van der Waals surface area contributed by atoms with Gasteiger partial charge in [-0.05, 0) is 12.1 Å². The van der Waals surface area contributed by atoms with Crippen molar-refractivity contribution in [1.29, 1.82) is 0 Å². The Morgan fingerprint density at radius 1 is 1.57 bits per heavy atom. The molecule has 2 amide bonds. The molecule has 0 saturated heterocycles. The van der Waals surface area contributed by atoms with Gasteiger partial charge < -0.3 is 24.7 Å². The number of rotatable bonds is 3. The molecule has 0 aromatic carbocycles. The van der Waals surface area contributed by atoms with E-state index in [1.807, 2.05) is 0 Å². The molecule has 3 heterocycles. The second-order valence-corrected chi connectivity index (χ2v) is 4.75. The fourth-order valence-corrected chi connectivity index (χ4v) is 2.35. The van der Waals surface area contributed by atoms with Crippen molar-refractivity contribution >= 4 is 12.0 Å². The van der Waals surface area contributed by atoms with Gasteiger partial charge in [0, 0.05) is 6.42 Å². The van der Waals surface area contributed by atoms with Gasteiger partial charge in [-0.3, -0.25) is 0 Å². The number of urea groups is 1. The summed E-state index contributed by atoms with van der Waals surface area (Å²) in [5.74, 6) is -0.439. The third-order valence-corrected chi connectivity index (χ3v) is 3.44. The first-order valence-electron chi connectivity index (χ1n) is 6.46. The highest BCUT2D eigenvalue weighted by Gasteiger charge is 2.35. The van der Waals surface area contributed by atoms with E-state index >= 15 is 0 Å². The van der Waals surface area contributed by atoms with Crippen LogP contribution in [0.15, 0.2) is 29.1 Å². The van der Waals surface area contributed by atoms with Gasteiger partial charge in [-0.25, -0.2) is 14.6 Å². The van der Waals surface area contributed by atoms with E-state index in [0.29, 0.717) is 11.5 Å². The van der Waals surface area contributed by atoms with E-state index in [9.17, 15) is 14.7 Å². The van der Waals surface area contributed by atoms with Gasteiger partial charge in [0.1, 0.15) is 11.8 Å². The maximum absolute atomic E-state index is 12.2. The maximum atomic E-state index is 12.2. The van der Waals surface area contributed by atoms with Crippen LogP contribution in [0.1, 0.15) is 17.1 Å². The van der Waals surface area contributed by atoms with Crippen LogP contribution in [0, 0.1) is 0 Å². The van der Waals surface area contributed by atoms with Crippen molar-refractivity contribution in [3.63, 3.8) is 0 Å². The van der Waals surface area contributed by atoms with Crippen LogP contribution in [-0.2, 0) is 24.3 Å². The van der Waals surface area contributed by atoms with Crippen LogP contribution in [0.3, 0.4) is 0 Å². The highest BCUT2D eigenvalue weighted by Crippen LogP contribution is 2.20. The standard InChI is InChI=1S/C13H14N4O4/c18-12(19)11-4-9-10(16-7-15-9)6-17(11)13(20)14-5-8-2-1-3-21-8/h1-3,7,11H,4-6H2,(H,14,20)(H,15,16)(H,18,19). The van der Waals surface area contributed by atoms with Crippen LogP contribution >= 0.6 is 0 Å². The smallest absolute Gasteiger partial charge is 0.326 e. The van der Waals surface area contributed by atoms with Crippen LogP contribution in [0.2, 0.25) is 0 Å². The lowest BCUT2D eigenvalue weighted by molar-refractivity contribution is -0.142. The molecule has 3 N–H and O–H groups in total. The average Bonchev–Trinajstić information content (AvgIpc) is 3.13. The molecule has 0 saturated carbocycles. The first-order valence-corrected chi connectivity index (χ1v) is 6.46. The minimum atomic E-state index is -1.04. The van der Waals surface area contributed by atoms with Crippen molar-refractivity contribution < 1.29 is 19.1 Å². The summed E-state index contributed by atoms with van der Waals surface area (Å²) in [7, 11) is 0. The SMILES string of the molecule is O=C(O)C1Cc2nc[nH]c2CN1C(=O)NCc1ccco1. The van der Waals surface area contributed by atoms with E-state index < -0.39 is 18.0 Å². The first-order chi connectivity index (χ1) is 10.1. The van der Waals surface area contributed by atoms with E-state index in [1.54, 1.807) is 12.1 Å². The predicted molar refractivity (Wildman–Crippen MR) is 70.2 cm³/mol. The minimum absolute atomic E-state index is 0.191. The van der Waals surface area contributed by atoms with Gasteiger partial charge in [0.2, 0.25) is 0 Å². The van der Waals surface area contributed by atoms with Gasteiger partial charge in [-0.15, -0.1) is 0 Å². The number of amides is 2. The molecule has 8 heteroatoms. The number of nitrogens with one attached hydrogen (secondary N) is 2. The number of aliphatic carboxylic acids is 1. The van der Waals surface area contributed by atoms with E-state index in [1.165, 1.54) is 17.5 Å². The number of imidazole rings is 1. The molecular weight excluding hydrogens is 276 g/mol. The molecule has 0 spiro atoms. The zero-order valence-corrected chi connectivity index (χ0v) is 11.1. The molecule has 0 bridgehead atoms. The van der Waals surface area contributed by atoms with Gasteiger partial charge in [0.15, 0.2) is 0 Å². The molecule has 1 aliphatic heterocycles. The largest absolute Gasteiger partial charge is 0.480 e. The third-order valence-electron chi connectivity index (χ3n) is 3.44. The van der Waals surface area contributed by atoms with Crippen molar-refractivity contribution in [1.82, 2.24) is 20.2 Å². The molecule has 0 radical (unpaired) electrons. The number of hydrogen-bond donors (Lipinski definition) is 3. The fourth-order valence-electron chi connectivity index (χ4n) is 2.35. The number of aromatic nitrogens is 2. The summed E-state index contributed by atoms with van der Waals surface area (Å²) in [6.45, 7) is 0.404. The molecule has 2 aromatic rings. The van der Waals surface area contributed by atoms with Crippen LogP contribution in [-0.4, -0.2) is 38.0 Å². The maximum Gasteiger partial charge on any atom is 0.326 e. The first kappa shape index (κ1) is 13.2. The number of hydrogen-bond acceptors (Lipinski definition) is 4. The lowest BCUT2D eigenvalue weighted by atomic mass is 10.0. The number of carboxylic acid groups (broad SMARTS) is 1. The van der Waals surface area contributed by atoms with Gasteiger partial charge >= 0.3 is 12.0 Å². The van der Waals surface area contributed by atoms with Crippen LogP contribution < -0.4 is 5.32 Å². The summed E-state index contributed by atoms with van der Waals surface area (Å²) >= 11 is 0. The number of carbonyl (C=O) groups excluding carboxylic acids is 1. The number of carbonyl (C=O) groups is 2. The van der Waals surface area contributed by atoms with E-state index in [4.69, 9.17) is 4.42 Å². The Morgan fingerprint density at radius 2 is 2.43 bits per heavy atom. The summed E-state index contributed by atoms with van der Waals surface area (Å²) < 4.78 is 5.12. The summed E-state index contributed by atoms with van der Waals surface area (Å²) in [5, 5.41) is 12.0. The molecule has 21 heavy (non-hydrogen) atoms. The Balaban J connectivity index is 1.72. The van der Waals surface area contributed by atoms with Crippen molar-refractivity contribution in [2.75, 3.05) is 0 Å². The molecule has 8 nitrogen and oxygen atoms in total. The number of nitrogens with zero attached hydrogens (tertiary/aromatic N) is 2. The summed E-state index contributed by atoms with van der Waals surface area (Å²) in [6, 6.07) is 2.09. The highest BCUT2D eigenvalue weighted by molar-refractivity contribution is 5.83. The third kappa shape index (κ3) is 2.60. The van der Waals surface area contributed by atoms with Crippen LogP contribution in [0.4, 0.5) is 4.79 Å². The molecule has 1 aliphatic rings. The number of carboxylic acids is 1. The lowest BCUT2D eigenvalue weighted by Crippen LogP contribution is -2.52. The monoisotopic (exact) mass is 290 g/mol. The number of fused-ring (bicyclic) bond motifs is 1. The molecule has 3 rings (SSSR count). The topological polar surface area (TPSA) is 111 Å². The second-order valence-electron chi connectivity index (χ2n) is 4.75. The Bertz CT molecular complexity index is 649. The number of H-pyrrole nitrogens is 1. The van der Waals surface area contributed by atoms with Crippen molar-refractivity contribution in [3.05, 3.63) is 41.9 Å². The molecular formula is C13H14N4O4. The zero-order chi connectivity index (χ0) is 14.8. The summed E-state index contributed by atoms with van der Waals surface area (Å²) in [5.41, 5.74) is 1.46. The molecule has 110 valence electrons. The van der Waals surface area contributed by atoms with Crippen LogP contribution in [0.5, 0.6) is 0 Å². The number of aromatic amines is 1. The predicted octanol–water partition coefficient (Wildman–Crippen LogP) is 0.724.